The predicted octanol–water partition coefficient (Wildman–Crippen LogP) is -8.50. The van der Waals surface area contributed by atoms with Gasteiger partial charge in [-0.3, -0.25) is 14.4 Å². The highest BCUT2D eigenvalue weighted by atomic mass is 16.7. The minimum atomic E-state index is -1.41. The summed E-state index contributed by atoms with van der Waals surface area (Å²) in [5.41, 5.74) is 3.83. The van der Waals surface area contributed by atoms with Crippen LogP contribution in [-0.2, 0) is 61.8 Å². The van der Waals surface area contributed by atoms with Crippen molar-refractivity contribution in [1.29, 1.82) is 0 Å². The van der Waals surface area contributed by atoms with Gasteiger partial charge in [0.05, 0.1) is 26.4 Å². The van der Waals surface area contributed by atoms with Crippen molar-refractivity contribution in [1.82, 2.24) is 16.0 Å². The summed E-state index contributed by atoms with van der Waals surface area (Å²) < 4.78 is 54.9. The van der Waals surface area contributed by atoms with E-state index >= 15 is 0 Å². The predicted molar refractivity (Wildman–Crippen MR) is 192 cm³/mol. The van der Waals surface area contributed by atoms with Crippen molar-refractivity contribution < 1.29 is 108 Å². The number of aliphatic hydroxyl groups excluding tert-OH is 8. The van der Waals surface area contributed by atoms with Crippen molar-refractivity contribution >= 4 is 17.7 Å². The van der Waals surface area contributed by atoms with Gasteiger partial charge in [0.1, 0.15) is 91.4 Å². The molecule has 25 nitrogen and oxygen atoms in total. The monoisotopic (exact) mass is 863 g/mol. The molecule has 0 aromatic carbocycles. The number of carbonyl (C=O) groups is 3. The molecule has 0 saturated carbocycles. The normalized spacial score (nSPS) is 42.5. The van der Waals surface area contributed by atoms with E-state index in [1.165, 1.54) is 49.2 Å². The van der Waals surface area contributed by atoms with Crippen LogP contribution in [0.4, 0.5) is 0 Å². The van der Waals surface area contributed by atoms with Crippen LogP contribution in [-0.4, -0.2) is 236 Å². The van der Waals surface area contributed by atoms with E-state index in [2.05, 4.69) is 21.7 Å². The summed E-state index contributed by atoms with van der Waals surface area (Å²) in [6.45, 7) is 1.72. The molecular formula is C34H63N4O21+. The van der Waals surface area contributed by atoms with Gasteiger partial charge >= 0.3 is 0 Å². The second-order valence-electron chi connectivity index (χ2n) is 14.3. The van der Waals surface area contributed by atoms with Crippen LogP contribution in [0, 0.1) is 0 Å². The summed E-state index contributed by atoms with van der Waals surface area (Å²) in [4.78, 5) is 34.7. The van der Waals surface area contributed by atoms with Crippen molar-refractivity contribution in [2.45, 2.75) is 143 Å². The van der Waals surface area contributed by atoms with E-state index in [1.807, 2.05) is 0 Å². The molecule has 59 heavy (non-hydrogen) atoms. The van der Waals surface area contributed by atoms with Gasteiger partial charge in [0.15, 0.2) is 24.9 Å². The molecule has 4 rings (SSSR count). The average molecular weight is 864 g/mol. The van der Waals surface area contributed by atoms with Crippen LogP contribution in [0.3, 0.4) is 0 Å². The molecule has 4 heterocycles. The first-order valence-corrected chi connectivity index (χ1v) is 18.8. The molecule has 20 atom stereocenters. The van der Waals surface area contributed by atoms with E-state index in [-0.39, 0.29) is 0 Å². The summed E-state index contributed by atoms with van der Waals surface area (Å²) in [5, 5.41) is 88.8. The fraction of sp³-hybridized carbons (Fsp3) is 0.912. The molecule has 0 aromatic rings. The smallest absolute Gasteiger partial charge is 0.217 e. The fourth-order valence-electron chi connectivity index (χ4n) is 7.37. The highest BCUT2D eigenvalue weighted by molar-refractivity contribution is 5.74. The number of hydrogen-bond donors (Lipinski definition) is 12. The van der Waals surface area contributed by atoms with Gasteiger partial charge in [-0.2, -0.15) is 0 Å². The van der Waals surface area contributed by atoms with Gasteiger partial charge in [-0.25, -0.2) is 0 Å². The summed E-state index contributed by atoms with van der Waals surface area (Å²) in [6.07, 6.45) is -17.8. The Balaban J connectivity index is 0.000000317. The van der Waals surface area contributed by atoms with E-state index in [9.17, 15) is 55.2 Å². The standard InChI is InChI=1S/C18H32N2O11.C16H30N2O10/c1-7(23)19-11-14(26)16(10(6-22)29-17(11)28-4)31-18-12(20-8(2)24)13(25)15(27-3)9(5-21)30-18;1-6(21)18-10-12(23)14(8(5-20)27-16(10)25-3)28-15-9(17)11(22)13(24-2)7(4-19)26-15/h9-18,21-22,25-26H,5-6H2,1-4H3,(H,19,23)(H,20,24);7-16,19-20,22-23H,4-5,17H2,1-3H3,(H,18,21)/p+1. The molecule has 0 spiro atoms. The first-order chi connectivity index (χ1) is 28.0. The number of amides is 3. The van der Waals surface area contributed by atoms with Gasteiger partial charge < -0.3 is 110 Å². The maximum Gasteiger partial charge on any atom is 0.217 e. The Morgan fingerprint density at radius 3 is 1.10 bits per heavy atom. The average Bonchev–Trinajstić information content (AvgIpc) is 3.20. The highest BCUT2D eigenvalue weighted by Gasteiger charge is 2.54. The Hall–Kier alpha value is -2.35. The Labute approximate surface area is 340 Å². The van der Waals surface area contributed by atoms with Gasteiger partial charge in [0.2, 0.25) is 24.0 Å². The zero-order valence-electron chi connectivity index (χ0n) is 34.0. The van der Waals surface area contributed by atoms with Crippen molar-refractivity contribution in [3.8, 4) is 0 Å². The maximum absolute atomic E-state index is 11.7. The Bertz CT molecular complexity index is 1310. The Morgan fingerprint density at radius 2 is 0.763 bits per heavy atom. The summed E-state index contributed by atoms with van der Waals surface area (Å²) in [5.74, 6) is -1.37. The fourth-order valence-corrected chi connectivity index (χ4v) is 7.37. The first kappa shape index (κ1) is 51.0. The maximum atomic E-state index is 11.7. The number of hydrogen-bond acceptors (Lipinski definition) is 21. The topological polar surface area (TPSA) is 369 Å². The molecule has 25 heteroatoms. The third kappa shape index (κ3) is 12.4. The lowest BCUT2D eigenvalue weighted by Crippen LogP contribution is -2.79. The molecule has 14 N–H and O–H groups in total. The van der Waals surface area contributed by atoms with Gasteiger partial charge in [-0.05, 0) is 0 Å². The number of ether oxygens (including phenoxy) is 10. The lowest BCUT2D eigenvalue weighted by Gasteiger charge is -2.48. The number of nitrogens with one attached hydrogen (secondary N) is 3. The van der Waals surface area contributed by atoms with Crippen molar-refractivity contribution in [2.24, 2.45) is 0 Å². The van der Waals surface area contributed by atoms with Crippen LogP contribution in [0.15, 0.2) is 0 Å². The van der Waals surface area contributed by atoms with Crippen LogP contribution in [0.5, 0.6) is 0 Å². The largest absolute Gasteiger partial charge is 0.394 e. The Kier molecular flexibility index (Phi) is 20.5. The zero-order valence-corrected chi connectivity index (χ0v) is 34.0. The third-order valence-corrected chi connectivity index (χ3v) is 10.2. The van der Waals surface area contributed by atoms with E-state index in [0.29, 0.717) is 0 Å². The van der Waals surface area contributed by atoms with Crippen molar-refractivity contribution in [3.63, 3.8) is 0 Å². The van der Waals surface area contributed by atoms with Crippen LogP contribution in [0.25, 0.3) is 0 Å². The van der Waals surface area contributed by atoms with Crippen LogP contribution in [0.1, 0.15) is 20.8 Å². The SMILES string of the molecule is COC1OC(CO)C(OC2OC(CO)C(OC)C(O)C2NC(C)=O)C(O)C1NC(C)=O.COC1OC(CO)C(OC2OC(CO)C(OC)C(O)C2[NH3+])C(O)C1NC(C)=O. The number of carbonyl (C=O) groups excluding carboxylic acids is 3. The van der Waals surface area contributed by atoms with Gasteiger partial charge in [0.25, 0.3) is 0 Å². The van der Waals surface area contributed by atoms with E-state index in [4.69, 9.17) is 47.4 Å². The molecule has 4 aliphatic heterocycles. The minimum absolute atomic E-state index is 0.418. The van der Waals surface area contributed by atoms with Gasteiger partial charge in [-0.1, -0.05) is 0 Å². The van der Waals surface area contributed by atoms with E-state index < -0.39 is 167 Å². The first-order valence-electron chi connectivity index (χ1n) is 18.8. The summed E-state index contributed by atoms with van der Waals surface area (Å²) >= 11 is 0. The molecule has 3 amide bonds. The highest BCUT2D eigenvalue weighted by Crippen LogP contribution is 2.31. The second kappa shape index (κ2) is 23.8. The molecule has 0 radical (unpaired) electrons. The number of methoxy groups -OCH3 is 4. The van der Waals surface area contributed by atoms with Crippen LogP contribution in [0.2, 0.25) is 0 Å². The molecule has 4 aliphatic rings. The van der Waals surface area contributed by atoms with Crippen LogP contribution < -0.4 is 21.7 Å². The Morgan fingerprint density at radius 1 is 0.475 bits per heavy atom. The van der Waals surface area contributed by atoms with Crippen molar-refractivity contribution in [3.05, 3.63) is 0 Å². The summed E-state index contributed by atoms with van der Waals surface area (Å²) in [6, 6.07) is -3.95. The number of quaternary nitrogens is 1. The third-order valence-electron chi connectivity index (χ3n) is 10.2. The second-order valence-corrected chi connectivity index (χ2v) is 14.3. The molecular weight excluding hydrogens is 800 g/mol. The number of rotatable bonds is 15. The quantitative estimate of drug-likeness (QED) is 0.0727. The molecule has 20 unspecified atom stereocenters. The zero-order chi connectivity index (χ0) is 44.3. The molecule has 344 valence electrons. The van der Waals surface area contributed by atoms with Gasteiger partial charge in [-0.15, -0.1) is 0 Å². The molecule has 0 aromatic heterocycles. The lowest BCUT2D eigenvalue weighted by atomic mass is 9.94. The molecule has 0 bridgehead atoms. The van der Waals surface area contributed by atoms with E-state index in [1.54, 1.807) is 0 Å². The summed E-state index contributed by atoms with van der Waals surface area (Å²) in [7, 11) is 5.34. The van der Waals surface area contributed by atoms with Gasteiger partial charge in [0, 0.05) is 49.2 Å². The molecule has 4 saturated heterocycles. The number of aliphatic hydroxyl groups is 8. The van der Waals surface area contributed by atoms with E-state index in [0.717, 1.165) is 0 Å². The lowest BCUT2D eigenvalue weighted by molar-refractivity contribution is -0.507. The molecule has 4 fully saturated rings. The van der Waals surface area contributed by atoms with Crippen molar-refractivity contribution in [2.75, 3.05) is 54.9 Å². The minimum Gasteiger partial charge on any atom is -0.394 e. The van der Waals surface area contributed by atoms with Crippen LogP contribution >= 0.6 is 0 Å². The molecule has 0 aliphatic carbocycles.